The van der Waals surface area contributed by atoms with E-state index in [1.165, 1.54) is 0 Å². The molecule has 1 saturated heterocycles. The maximum atomic E-state index is 9.98. The first kappa shape index (κ1) is 6.75. The third-order valence-electron chi connectivity index (χ3n) is 1.91. The zero-order chi connectivity index (χ0) is 6.69. The van der Waals surface area contributed by atoms with Crippen LogP contribution in [0.25, 0.3) is 0 Å². The van der Waals surface area contributed by atoms with Crippen molar-refractivity contribution < 1.29 is 4.79 Å². The van der Waals surface area contributed by atoms with Crippen molar-refractivity contribution in [3.8, 4) is 0 Å². The Morgan fingerprint density at radius 1 is 1.67 bits per heavy atom. The summed E-state index contributed by atoms with van der Waals surface area (Å²) in [5, 5.41) is 0. The van der Waals surface area contributed by atoms with Gasteiger partial charge in [-0.25, -0.2) is 0 Å². The van der Waals surface area contributed by atoms with Crippen molar-refractivity contribution in [3.05, 3.63) is 0 Å². The fourth-order valence-corrected chi connectivity index (χ4v) is 1.22. The molecule has 2 nitrogen and oxygen atoms in total. The Balaban J connectivity index is 2.04. The SMILES string of the molecule is CCN1CC(CC=O)C1. The minimum atomic E-state index is 0.669. The summed E-state index contributed by atoms with van der Waals surface area (Å²) in [6, 6.07) is 0. The van der Waals surface area contributed by atoms with Crippen molar-refractivity contribution in [1.82, 2.24) is 4.90 Å². The van der Waals surface area contributed by atoms with Crippen molar-refractivity contribution >= 4 is 6.29 Å². The van der Waals surface area contributed by atoms with Crippen LogP contribution in [0.2, 0.25) is 0 Å². The van der Waals surface area contributed by atoms with Gasteiger partial charge in [-0.3, -0.25) is 0 Å². The molecule has 0 aliphatic carbocycles. The second kappa shape index (κ2) is 2.97. The van der Waals surface area contributed by atoms with Gasteiger partial charge in [-0.15, -0.1) is 0 Å². The van der Waals surface area contributed by atoms with E-state index in [4.69, 9.17) is 0 Å². The number of aldehydes is 1. The minimum Gasteiger partial charge on any atom is -0.303 e. The molecule has 0 bridgehead atoms. The molecule has 0 aromatic carbocycles. The van der Waals surface area contributed by atoms with Gasteiger partial charge in [0.15, 0.2) is 0 Å². The van der Waals surface area contributed by atoms with Crippen LogP contribution in [-0.4, -0.2) is 30.8 Å². The van der Waals surface area contributed by atoms with Crippen molar-refractivity contribution in [2.24, 2.45) is 5.92 Å². The van der Waals surface area contributed by atoms with E-state index in [9.17, 15) is 4.79 Å². The maximum Gasteiger partial charge on any atom is 0.120 e. The summed E-state index contributed by atoms with van der Waals surface area (Å²) in [6.07, 6.45) is 1.79. The van der Waals surface area contributed by atoms with Crippen LogP contribution in [0.3, 0.4) is 0 Å². The molecule has 0 spiro atoms. The number of likely N-dealkylation sites (tertiary alicyclic amines) is 1. The molecule has 0 atom stereocenters. The first-order chi connectivity index (χ1) is 4.36. The Morgan fingerprint density at radius 2 is 2.33 bits per heavy atom. The van der Waals surface area contributed by atoms with Crippen LogP contribution in [0.4, 0.5) is 0 Å². The molecule has 0 N–H and O–H groups in total. The first-order valence-corrected chi connectivity index (χ1v) is 3.52. The van der Waals surface area contributed by atoms with E-state index in [1.54, 1.807) is 0 Å². The number of carbonyl (C=O) groups excluding carboxylic acids is 1. The monoisotopic (exact) mass is 127 g/mol. The summed E-state index contributed by atoms with van der Waals surface area (Å²) in [7, 11) is 0. The van der Waals surface area contributed by atoms with Gasteiger partial charge in [0.1, 0.15) is 6.29 Å². The molecule has 2 heteroatoms. The zero-order valence-corrected chi connectivity index (χ0v) is 5.84. The molecule has 0 aromatic heterocycles. The highest BCUT2D eigenvalue weighted by Crippen LogP contribution is 2.16. The molecule has 0 aromatic rings. The van der Waals surface area contributed by atoms with Gasteiger partial charge in [0.2, 0.25) is 0 Å². The Morgan fingerprint density at radius 3 is 2.78 bits per heavy atom. The summed E-state index contributed by atoms with van der Waals surface area (Å²) in [6.45, 7) is 5.55. The Hall–Kier alpha value is -0.370. The lowest BCUT2D eigenvalue weighted by Gasteiger charge is -2.37. The van der Waals surface area contributed by atoms with Crippen molar-refractivity contribution in [2.45, 2.75) is 13.3 Å². The predicted octanol–water partition coefficient (Wildman–Crippen LogP) is 0.527. The number of hydrogen-bond acceptors (Lipinski definition) is 2. The molecular formula is C7H13NO. The van der Waals surface area contributed by atoms with Crippen LogP contribution in [0.15, 0.2) is 0 Å². The highest BCUT2D eigenvalue weighted by Gasteiger charge is 2.23. The van der Waals surface area contributed by atoms with E-state index < -0.39 is 0 Å². The largest absolute Gasteiger partial charge is 0.303 e. The van der Waals surface area contributed by atoms with Crippen molar-refractivity contribution in [2.75, 3.05) is 19.6 Å². The average Bonchev–Trinajstić information content (AvgIpc) is 1.77. The molecule has 0 saturated carbocycles. The summed E-state index contributed by atoms with van der Waals surface area (Å²) in [5.74, 6) is 0.669. The molecule has 0 unspecified atom stereocenters. The van der Waals surface area contributed by atoms with Crippen LogP contribution < -0.4 is 0 Å². The number of carbonyl (C=O) groups is 1. The number of nitrogens with zero attached hydrogens (tertiary/aromatic N) is 1. The smallest absolute Gasteiger partial charge is 0.120 e. The Bertz CT molecular complexity index is 97.1. The van der Waals surface area contributed by atoms with Crippen LogP contribution >= 0.6 is 0 Å². The zero-order valence-electron chi connectivity index (χ0n) is 5.84. The van der Waals surface area contributed by atoms with E-state index in [2.05, 4.69) is 11.8 Å². The third-order valence-corrected chi connectivity index (χ3v) is 1.91. The second-order valence-corrected chi connectivity index (χ2v) is 2.62. The normalized spacial score (nSPS) is 21.4. The molecule has 1 heterocycles. The average molecular weight is 127 g/mol. The van der Waals surface area contributed by atoms with Crippen LogP contribution in [0.1, 0.15) is 13.3 Å². The van der Waals surface area contributed by atoms with Gasteiger partial charge < -0.3 is 9.69 Å². The Labute approximate surface area is 55.8 Å². The summed E-state index contributed by atoms with van der Waals surface area (Å²) in [5.41, 5.74) is 0. The van der Waals surface area contributed by atoms with Gasteiger partial charge in [-0.2, -0.15) is 0 Å². The standard InChI is InChI=1S/C7H13NO/c1-2-8-5-7(6-8)3-4-9/h4,7H,2-3,5-6H2,1H3. The van der Waals surface area contributed by atoms with E-state index in [0.29, 0.717) is 5.92 Å². The van der Waals surface area contributed by atoms with Crippen LogP contribution in [0, 0.1) is 5.92 Å². The van der Waals surface area contributed by atoms with Gasteiger partial charge in [0, 0.05) is 19.5 Å². The topological polar surface area (TPSA) is 20.3 Å². The van der Waals surface area contributed by atoms with Crippen molar-refractivity contribution in [1.29, 1.82) is 0 Å². The summed E-state index contributed by atoms with van der Waals surface area (Å²) >= 11 is 0. The molecule has 0 radical (unpaired) electrons. The lowest BCUT2D eigenvalue weighted by molar-refractivity contribution is -0.109. The quantitative estimate of drug-likeness (QED) is 0.515. The molecule has 9 heavy (non-hydrogen) atoms. The predicted molar refractivity (Wildman–Crippen MR) is 36.3 cm³/mol. The number of hydrogen-bond donors (Lipinski definition) is 0. The number of rotatable bonds is 3. The molecule has 52 valence electrons. The van der Waals surface area contributed by atoms with Gasteiger partial charge in [0.25, 0.3) is 0 Å². The summed E-state index contributed by atoms with van der Waals surface area (Å²) < 4.78 is 0. The Kier molecular flexibility index (Phi) is 2.22. The molecule has 1 rings (SSSR count). The molecular weight excluding hydrogens is 114 g/mol. The second-order valence-electron chi connectivity index (χ2n) is 2.62. The fraction of sp³-hybridized carbons (Fsp3) is 0.857. The first-order valence-electron chi connectivity index (χ1n) is 3.52. The van der Waals surface area contributed by atoms with Gasteiger partial charge in [-0.05, 0) is 12.5 Å². The molecule has 1 fully saturated rings. The molecule has 0 amide bonds. The third kappa shape index (κ3) is 1.52. The van der Waals surface area contributed by atoms with Gasteiger partial charge in [-0.1, -0.05) is 6.92 Å². The fourth-order valence-electron chi connectivity index (χ4n) is 1.22. The van der Waals surface area contributed by atoms with E-state index in [0.717, 1.165) is 32.3 Å². The van der Waals surface area contributed by atoms with E-state index in [-0.39, 0.29) is 0 Å². The summed E-state index contributed by atoms with van der Waals surface area (Å²) in [4.78, 5) is 12.3. The molecule has 1 aliphatic rings. The minimum absolute atomic E-state index is 0.669. The van der Waals surface area contributed by atoms with Crippen LogP contribution in [0.5, 0.6) is 0 Å². The van der Waals surface area contributed by atoms with E-state index in [1.807, 2.05) is 0 Å². The lowest BCUT2D eigenvalue weighted by Crippen LogP contribution is -2.46. The molecule has 1 aliphatic heterocycles. The highest BCUT2D eigenvalue weighted by molar-refractivity contribution is 5.50. The highest BCUT2D eigenvalue weighted by atomic mass is 16.1. The van der Waals surface area contributed by atoms with Crippen LogP contribution in [-0.2, 0) is 4.79 Å². The van der Waals surface area contributed by atoms with E-state index >= 15 is 0 Å². The van der Waals surface area contributed by atoms with Gasteiger partial charge >= 0.3 is 0 Å². The maximum absolute atomic E-state index is 9.98. The lowest BCUT2D eigenvalue weighted by atomic mass is 9.97. The van der Waals surface area contributed by atoms with Gasteiger partial charge in [0.05, 0.1) is 0 Å². The van der Waals surface area contributed by atoms with Crippen molar-refractivity contribution in [3.63, 3.8) is 0 Å².